The van der Waals surface area contributed by atoms with E-state index in [1.807, 2.05) is 68.4 Å². The summed E-state index contributed by atoms with van der Waals surface area (Å²) in [4.78, 5) is 12.4. The van der Waals surface area contributed by atoms with Crippen LogP contribution >= 0.6 is 0 Å². The molecule has 0 aliphatic carbocycles. The summed E-state index contributed by atoms with van der Waals surface area (Å²) in [5.74, 6) is 2.40. The van der Waals surface area contributed by atoms with E-state index in [4.69, 9.17) is 18.7 Å². The van der Waals surface area contributed by atoms with E-state index in [1.165, 1.54) is 0 Å². The molecule has 6 heteroatoms. The van der Waals surface area contributed by atoms with Crippen molar-refractivity contribution in [2.45, 2.75) is 26.9 Å². The Kier molecular flexibility index (Phi) is 5.89. The quantitative estimate of drug-likeness (QED) is 0.305. The van der Waals surface area contributed by atoms with Crippen LogP contribution in [-0.4, -0.2) is 18.2 Å². The summed E-state index contributed by atoms with van der Waals surface area (Å²) in [5, 5.41) is 5.92. The minimum Gasteiger partial charge on any atom is -0.497 e. The molecule has 0 N–H and O–H groups in total. The van der Waals surface area contributed by atoms with Gasteiger partial charge in [0.25, 0.3) is 0 Å². The van der Waals surface area contributed by atoms with E-state index in [9.17, 15) is 4.79 Å². The maximum Gasteiger partial charge on any atom is 0.315 e. The molecular formula is C25H23NO5. The number of esters is 1. The Hall–Kier alpha value is -3.80. The molecule has 31 heavy (non-hydrogen) atoms. The topological polar surface area (TPSA) is 70.8 Å². The van der Waals surface area contributed by atoms with E-state index in [-0.39, 0.29) is 12.4 Å². The van der Waals surface area contributed by atoms with Crippen molar-refractivity contribution in [2.75, 3.05) is 7.11 Å². The molecule has 0 bridgehead atoms. The molecule has 1 heterocycles. The van der Waals surface area contributed by atoms with Crippen molar-refractivity contribution in [1.29, 1.82) is 0 Å². The second kappa shape index (κ2) is 8.92. The lowest BCUT2D eigenvalue weighted by molar-refractivity contribution is -0.133. The molecule has 0 radical (unpaired) electrons. The Balaban J connectivity index is 1.35. The van der Waals surface area contributed by atoms with E-state index >= 15 is 0 Å². The van der Waals surface area contributed by atoms with Gasteiger partial charge in [-0.25, -0.2) is 0 Å². The third-order valence-electron chi connectivity index (χ3n) is 5.09. The first-order valence-electron chi connectivity index (χ1n) is 9.94. The first kappa shape index (κ1) is 20.5. The normalized spacial score (nSPS) is 10.8. The van der Waals surface area contributed by atoms with E-state index in [0.717, 1.165) is 39.1 Å². The zero-order valence-electron chi connectivity index (χ0n) is 17.7. The molecule has 0 saturated carbocycles. The lowest BCUT2D eigenvalue weighted by Crippen LogP contribution is -2.11. The highest BCUT2D eigenvalue weighted by Gasteiger charge is 2.11. The number of aryl methyl sites for hydroxylation is 2. The number of aromatic nitrogens is 1. The average molecular weight is 417 g/mol. The van der Waals surface area contributed by atoms with Gasteiger partial charge in [0, 0.05) is 0 Å². The van der Waals surface area contributed by atoms with E-state index in [0.29, 0.717) is 18.1 Å². The van der Waals surface area contributed by atoms with Crippen molar-refractivity contribution in [2.24, 2.45) is 0 Å². The van der Waals surface area contributed by atoms with E-state index in [1.54, 1.807) is 13.2 Å². The SMILES string of the molecule is COc1ccc2ccc(OC(=O)Cc3ccc(OCc4c(C)noc4C)cc3)cc2c1. The van der Waals surface area contributed by atoms with Crippen LogP contribution in [0.3, 0.4) is 0 Å². The van der Waals surface area contributed by atoms with Gasteiger partial charge in [-0.3, -0.25) is 4.79 Å². The zero-order chi connectivity index (χ0) is 21.8. The number of fused-ring (bicyclic) bond motifs is 1. The molecule has 0 aliphatic rings. The highest BCUT2D eigenvalue weighted by atomic mass is 16.5. The van der Waals surface area contributed by atoms with Gasteiger partial charge in [0.1, 0.15) is 29.6 Å². The standard InChI is InChI=1S/C25H23NO5/c1-16-24(17(2)31-26-16)15-29-21-8-4-18(5-9-21)12-25(27)30-23-11-7-19-6-10-22(28-3)13-20(19)14-23/h4-11,13-14H,12,15H2,1-3H3. The van der Waals surface area contributed by atoms with Crippen LogP contribution in [-0.2, 0) is 17.8 Å². The molecule has 4 aromatic rings. The van der Waals surface area contributed by atoms with Gasteiger partial charge in [0.2, 0.25) is 0 Å². The minimum atomic E-state index is -0.327. The predicted molar refractivity (Wildman–Crippen MR) is 117 cm³/mol. The molecule has 0 saturated heterocycles. The van der Waals surface area contributed by atoms with Gasteiger partial charge in [-0.15, -0.1) is 0 Å². The van der Waals surface area contributed by atoms with Crippen molar-refractivity contribution in [3.63, 3.8) is 0 Å². The van der Waals surface area contributed by atoms with Gasteiger partial charge in [-0.1, -0.05) is 29.4 Å². The number of carbonyl (C=O) groups excluding carboxylic acids is 1. The van der Waals surface area contributed by atoms with Crippen molar-refractivity contribution >= 4 is 16.7 Å². The number of rotatable bonds is 7. The summed E-state index contributed by atoms with van der Waals surface area (Å²) in [5.41, 5.74) is 2.61. The molecule has 158 valence electrons. The van der Waals surface area contributed by atoms with Gasteiger partial charge < -0.3 is 18.7 Å². The lowest BCUT2D eigenvalue weighted by atomic mass is 10.1. The Bertz CT molecular complexity index is 1190. The van der Waals surface area contributed by atoms with Crippen molar-refractivity contribution in [3.8, 4) is 17.2 Å². The van der Waals surface area contributed by atoms with Crippen molar-refractivity contribution < 1.29 is 23.5 Å². The van der Waals surface area contributed by atoms with Gasteiger partial charge in [-0.2, -0.15) is 0 Å². The molecule has 0 aliphatic heterocycles. The van der Waals surface area contributed by atoms with Crippen LogP contribution in [0.15, 0.2) is 65.2 Å². The third-order valence-corrected chi connectivity index (χ3v) is 5.09. The summed E-state index contributed by atoms with van der Waals surface area (Å²) in [6.07, 6.45) is 0.167. The molecule has 1 aromatic heterocycles. The molecule has 0 unspecified atom stereocenters. The van der Waals surface area contributed by atoms with Crippen molar-refractivity contribution in [3.05, 3.63) is 83.2 Å². The molecule has 0 spiro atoms. The first-order valence-corrected chi connectivity index (χ1v) is 9.94. The molecule has 4 rings (SSSR count). The number of ether oxygens (including phenoxy) is 3. The molecule has 3 aromatic carbocycles. The fourth-order valence-electron chi connectivity index (χ4n) is 3.29. The Morgan fingerprint density at radius 1 is 0.903 bits per heavy atom. The molecular weight excluding hydrogens is 394 g/mol. The second-order valence-corrected chi connectivity index (χ2v) is 7.26. The van der Waals surface area contributed by atoms with Crippen molar-refractivity contribution in [1.82, 2.24) is 5.16 Å². The van der Waals surface area contributed by atoms with Gasteiger partial charge in [-0.05, 0) is 66.6 Å². The third kappa shape index (κ3) is 4.86. The van der Waals surface area contributed by atoms with Gasteiger partial charge >= 0.3 is 5.97 Å². The smallest absolute Gasteiger partial charge is 0.315 e. The average Bonchev–Trinajstić information content (AvgIpc) is 3.10. The fourth-order valence-corrected chi connectivity index (χ4v) is 3.29. The Morgan fingerprint density at radius 2 is 1.58 bits per heavy atom. The monoisotopic (exact) mass is 417 g/mol. The largest absolute Gasteiger partial charge is 0.497 e. The summed E-state index contributed by atoms with van der Waals surface area (Å²) >= 11 is 0. The number of nitrogens with zero attached hydrogens (tertiary/aromatic N) is 1. The number of hydrogen-bond donors (Lipinski definition) is 0. The maximum absolute atomic E-state index is 12.4. The van der Waals surface area contributed by atoms with Crippen LogP contribution in [0.2, 0.25) is 0 Å². The Morgan fingerprint density at radius 3 is 2.26 bits per heavy atom. The Labute approximate surface area is 180 Å². The predicted octanol–water partition coefficient (Wildman–Crippen LogP) is 5.18. The van der Waals surface area contributed by atoms with Crippen LogP contribution in [0.5, 0.6) is 17.2 Å². The van der Waals surface area contributed by atoms with Crippen LogP contribution in [0, 0.1) is 13.8 Å². The summed E-state index contributed by atoms with van der Waals surface area (Å²) in [6, 6.07) is 18.7. The maximum atomic E-state index is 12.4. The number of carbonyl (C=O) groups is 1. The van der Waals surface area contributed by atoms with E-state index in [2.05, 4.69) is 5.16 Å². The highest BCUT2D eigenvalue weighted by Crippen LogP contribution is 2.25. The molecule has 0 atom stereocenters. The van der Waals surface area contributed by atoms with Gasteiger partial charge in [0.15, 0.2) is 0 Å². The summed E-state index contributed by atoms with van der Waals surface area (Å²) in [6.45, 7) is 4.13. The zero-order valence-corrected chi connectivity index (χ0v) is 17.7. The lowest BCUT2D eigenvalue weighted by Gasteiger charge is -2.08. The molecule has 0 amide bonds. The van der Waals surface area contributed by atoms with Crippen LogP contribution in [0.1, 0.15) is 22.6 Å². The summed E-state index contributed by atoms with van der Waals surface area (Å²) < 4.78 is 21.7. The van der Waals surface area contributed by atoms with Crippen LogP contribution < -0.4 is 14.2 Å². The highest BCUT2D eigenvalue weighted by molar-refractivity contribution is 5.86. The summed E-state index contributed by atoms with van der Waals surface area (Å²) in [7, 11) is 1.62. The van der Waals surface area contributed by atoms with Gasteiger partial charge in [0.05, 0.1) is 24.8 Å². The number of methoxy groups -OCH3 is 1. The van der Waals surface area contributed by atoms with E-state index < -0.39 is 0 Å². The second-order valence-electron chi connectivity index (χ2n) is 7.26. The first-order chi connectivity index (χ1) is 15.0. The van der Waals surface area contributed by atoms with Crippen LogP contribution in [0.25, 0.3) is 10.8 Å². The molecule has 6 nitrogen and oxygen atoms in total. The molecule has 0 fully saturated rings. The fraction of sp³-hybridized carbons (Fsp3) is 0.200. The number of benzene rings is 3. The van der Waals surface area contributed by atoms with Crippen LogP contribution in [0.4, 0.5) is 0 Å². The minimum absolute atomic E-state index is 0.167. The number of hydrogen-bond acceptors (Lipinski definition) is 6.